The van der Waals surface area contributed by atoms with Gasteiger partial charge in [-0.15, -0.1) is 0 Å². The molecule has 2 fully saturated rings. The van der Waals surface area contributed by atoms with Crippen LogP contribution in [-0.2, 0) is 9.47 Å². The van der Waals surface area contributed by atoms with Crippen LogP contribution in [0.25, 0.3) is 0 Å². The van der Waals surface area contributed by atoms with Crippen LogP contribution in [0.4, 0.5) is 8.78 Å². The maximum atomic E-state index is 12.2. The first-order valence-corrected chi connectivity index (χ1v) is 6.32. The molecular weight excluding hydrogens is 228 g/mol. The average Bonchev–Trinajstić information content (AvgIpc) is 2.70. The Morgan fingerprint density at radius 2 is 2.18 bits per heavy atom. The van der Waals surface area contributed by atoms with Crippen molar-refractivity contribution in [3.05, 3.63) is 0 Å². The molecule has 0 aliphatic carbocycles. The zero-order chi connectivity index (χ0) is 12.5. The molecule has 2 aliphatic rings. The van der Waals surface area contributed by atoms with Gasteiger partial charge in [0.25, 0.3) is 0 Å². The van der Waals surface area contributed by atoms with Crippen molar-refractivity contribution in [3.8, 4) is 0 Å². The van der Waals surface area contributed by atoms with Gasteiger partial charge in [-0.05, 0) is 39.7 Å². The Kier molecular flexibility index (Phi) is 4.00. The third-order valence-electron chi connectivity index (χ3n) is 3.75. The summed E-state index contributed by atoms with van der Waals surface area (Å²) in [6.07, 6.45) is 2.67. The molecule has 5 heteroatoms. The molecule has 0 aromatic heterocycles. The van der Waals surface area contributed by atoms with Crippen molar-refractivity contribution in [3.63, 3.8) is 0 Å². The number of rotatable bonds is 5. The van der Waals surface area contributed by atoms with Crippen molar-refractivity contribution in [2.24, 2.45) is 0 Å². The number of halogens is 2. The van der Waals surface area contributed by atoms with E-state index < -0.39 is 6.61 Å². The van der Waals surface area contributed by atoms with Crippen LogP contribution < -0.4 is 0 Å². The lowest BCUT2D eigenvalue weighted by Crippen LogP contribution is -2.43. The van der Waals surface area contributed by atoms with Crippen molar-refractivity contribution < 1.29 is 18.3 Å². The van der Waals surface area contributed by atoms with Gasteiger partial charge in [-0.2, -0.15) is 8.78 Å². The maximum absolute atomic E-state index is 12.2. The summed E-state index contributed by atoms with van der Waals surface area (Å²) < 4.78 is 34.8. The second kappa shape index (κ2) is 5.16. The summed E-state index contributed by atoms with van der Waals surface area (Å²) in [7, 11) is 0. The summed E-state index contributed by atoms with van der Waals surface area (Å²) in [5.74, 6) is 0. The van der Waals surface area contributed by atoms with Crippen LogP contribution in [0.3, 0.4) is 0 Å². The van der Waals surface area contributed by atoms with E-state index in [0.717, 1.165) is 19.4 Å². The summed E-state index contributed by atoms with van der Waals surface area (Å²) in [6.45, 7) is 3.56. The Balaban J connectivity index is 1.94. The normalized spacial score (nSPS) is 33.9. The molecule has 3 nitrogen and oxygen atoms in total. The first-order valence-electron chi connectivity index (χ1n) is 6.32. The van der Waals surface area contributed by atoms with Gasteiger partial charge in [0.2, 0.25) is 0 Å². The van der Waals surface area contributed by atoms with Gasteiger partial charge in [0.05, 0.1) is 18.8 Å². The molecule has 0 spiro atoms. The molecule has 2 saturated heterocycles. The topological polar surface area (TPSA) is 21.7 Å². The molecule has 0 N–H and O–H groups in total. The van der Waals surface area contributed by atoms with E-state index in [1.54, 1.807) is 0 Å². The molecule has 0 unspecified atom stereocenters. The molecule has 0 aromatic rings. The lowest BCUT2D eigenvalue weighted by Gasteiger charge is -2.32. The van der Waals surface area contributed by atoms with E-state index in [0.29, 0.717) is 19.6 Å². The summed E-state index contributed by atoms with van der Waals surface area (Å²) in [5.41, 5.74) is -0.0518. The van der Waals surface area contributed by atoms with Crippen molar-refractivity contribution in [1.29, 1.82) is 0 Å². The largest absolute Gasteiger partial charge is 0.377 e. The molecule has 0 aromatic carbocycles. The average molecular weight is 249 g/mol. The second-order valence-corrected chi connectivity index (χ2v) is 5.36. The lowest BCUT2D eigenvalue weighted by atomic mass is 9.94. The smallest absolute Gasteiger partial charge is 0.345 e. The quantitative estimate of drug-likeness (QED) is 0.746. The van der Waals surface area contributed by atoms with Crippen LogP contribution in [0.2, 0.25) is 0 Å². The second-order valence-electron chi connectivity index (χ2n) is 5.36. The molecule has 0 saturated carbocycles. The first-order chi connectivity index (χ1) is 8.02. The minimum atomic E-state index is -2.66. The predicted molar refractivity (Wildman–Crippen MR) is 60.1 cm³/mol. The van der Waals surface area contributed by atoms with E-state index >= 15 is 0 Å². The number of alkyl halides is 2. The monoisotopic (exact) mass is 249 g/mol. The number of hydrogen-bond donors (Lipinski definition) is 0. The fourth-order valence-corrected chi connectivity index (χ4v) is 3.03. The van der Waals surface area contributed by atoms with Crippen LogP contribution in [0.15, 0.2) is 0 Å². The summed E-state index contributed by atoms with van der Waals surface area (Å²) >= 11 is 0. The van der Waals surface area contributed by atoms with E-state index in [1.807, 2.05) is 13.8 Å². The Hall–Kier alpha value is -0.260. The van der Waals surface area contributed by atoms with Gasteiger partial charge in [-0.25, -0.2) is 0 Å². The molecule has 2 heterocycles. The van der Waals surface area contributed by atoms with Crippen LogP contribution in [0, 0.1) is 0 Å². The Labute approximate surface area is 101 Å². The molecule has 100 valence electrons. The Bertz CT molecular complexity index is 263. The van der Waals surface area contributed by atoms with Gasteiger partial charge >= 0.3 is 6.61 Å². The summed E-state index contributed by atoms with van der Waals surface area (Å²) in [6, 6.07) is 0. The number of nitrogens with zero attached hydrogens (tertiary/aromatic N) is 1. The van der Waals surface area contributed by atoms with E-state index in [2.05, 4.69) is 9.64 Å². The zero-order valence-corrected chi connectivity index (χ0v) is 10.5. The molecule has 0 radical (unpaired) electrons. The van der Waals surface area contributed by atoms with Crippen molar-refractivity contribution in [1.82, 2.24) is 4.90 Å². The van der Waals surface area contributed by atoms with Gasteiger partial charge in [0.15, 0.2) is 0 Å². The summed E-state index contributed by atoms with van der Waals surface area (Å²) in [4.78, 5) is 2.27. The highest BCUT2D eigenvalue weighted by molar-refractivity contribution is 5.04. The molecular formula is C12H21F2NO2. The van der Waals surface area contributed by atoms with E-state index in [1.165, 1.54) is 0 Å². The third kappa shape index (κ3) is 2.95. The Morgan fingerprint density at radius 3 is 2.82 bits per heavy atom. The standard InChI is InChI=1S/C12H21F2NO2/c1-9(2)16-8-12-4-3-5-15(12)7-10(6-12)17-11(13)14/h9-11H,3-8H2,1-2H3/t10-,12+/m0/s1. The van der Waals surface area contributed by atoms with Gasteiger partial charge in [-0.3, -0.25) is 4.90 Å². The SMILES string of the molecule is CC(C)OC[C@]12CCCN1C[C@@H](OC(F)F)C2. The Morgan fingerprint density at radius 1 is 1.41 bits per heavy atom. The highest BCUT2D eigenvalue weighted by Gasteiger charge is 2.49. The van der Waals surface area contributed by atoms with Crippen LogP contribution in [0.1, 0.15) is 33.1 Å². The van der Waals surface area contributed by atoms with Crippen LogP contribution >= 0.6 is 0 Å². The fourth-order valence-electron chi connectivity index (χ4n) is 3.03. The molecule has 2 atom stereocenters. The molecule has 0 bridgehead atoms. The lowest BCUT2D eigenvalue weighted by molar-refractivity contribution is -0.159. The van der Waals surface area contributed by atoms with Crippen molar-refractivity contribution >= 4 is 0 Å². The van der Waals surface area contributed by atoms with Gasteiger partial charge in [0, 0.05) is 12.1 Å². The molecule has 2 rings (SSSR count). The van der Waals surface area contributed by atoms with Crippen LogP contribution in [0.5, 0.6) is 0 Å². The maximum Gasteiger partial charge on any atom is 0.345 e. The predicted octanol–water partition coefficient (Wildman–Crippen LogP) is 2.26. The van der Waals surface area contributed by atoms with E-state index in [4.69, 9.17) is 4.74 Å². The zero-order valence-electron chi connectivity index (χ0n) is 10.5. The number of fused-ring (bicyclic) bond motifs is 1. The minimum Gasteiger partial charge on any atom is -0.377 e. The van der Waals surface area contributed by atoms with Gasteiger partial charge < -0.3 is 9.47 Å². The third-order valence-corrected chi connectivity index (χ3v) is 3.75. The fraction of sp³-hybridized carbons (Fsp3) is 1.00. The van der Waals surface area contributed by atoms with Crippen LogP contribution in [-0.4, -0.2) is 49.0 Å². The molecule has 0 amide bonds. The first kappa shape index (κ1) is 13.2. The highest BCUT2D eigenvalue weighted by atomic mass is 19.3. The van der Waals surface area contributed by atoms with Crippen molar-refractivity contribution in [2.75, 3.05) is 19.7 Å². The number of hydrogen-bond acceptors (Lipinski definition) is 3. The van der Waals surface area contributed by atoms with E-state index in [9.17, 15) is 8.78 Å². The molecule has 2 aliphatic heterocycles. The molecule has 17 heavy (non-hydrogen) atoms. The van der Waals surface area contributed by atoms with Gasteiger partial charge in [-0.1, -0.05) is 0 Å². The van der Waals surface area contributed by atoms with Gasteiger partial charge in [0.1, 0.15) is 0 Å². The van der Waals surface area contributed by atoms with Crippen molar-refractivity contribution in [2.45, 2.75) is 57.5 Å². The highest BCUT2D eigenvalue weighted by Crippen LogP contribution is 2.40. The minimum absolute atomic E-state index is 0.0518. The summed E-state index contributed by atoms with van der Waals surface area (Å²) in [5, 5.41) is 0. The van der Waals surface area contributed by atoms with E-state index in [-0.39, 0.29) is 17.7 Å². The number of ether oxygens (including phenoxy) is 2.